The Morgan fingerprint density at radius 2 is 1.96 bits per heavy atom. The molecule has 5 heteroatoms. The number of aliphatic hydroxyl groups is 1. The molecule has 4 aliphatic carbocycles. The second-order valence-corrected chi connectivity index (χ2v) is 8.68. The maximum Gasteiger partial charge on any atom is 0.263 e. The van der Waals surface area contributed by atoms with E-state index in [-0.39, 0.29) is 11.9 Å². The normalized spacial score (nSPS) is 41.2. The molecule has 6 atom stereocenters. The van der Waals surface area contributed by atoms with E-state index in [1.807, 2.05) is 31.3 Å². The van der Waals surface area contributed by atoms with Crippen LogP contribution in [0.5, 0.6) is 5.75 Å². The molecular weight excluding hydrogens is 316 g/mol. The standard InChI is InChI=1S/C20H26N2O3/c1-22-11-17(25-16-5-3-2-4-15(16)22)19(23)21-18-13-6-12-7-14(18)10-20(24,8-12)9-13/h2-5,12-14,17-18,24H,6-11H2,1H3,(H,21,23)/t12?,13-,14+,17?,18?,20?. The summed E-state index contributed by atoms with van der Waals surface area (Å²) in [5.41, 5.74) is 0.571. The Kier molecular flexibility index (Phi) is 3.33. The van der Waals surface area contributed by atoms with Gasteiger partial charge in [0.1, 0.15) is 5.75 Å². The minimum atomic E-state index is -0.472. The van der Waals surface area contributed by atoms with Gasteiger partial charge in [0.2, 0.25) is 0 Å². The fourth-order valence-corrected chi connectivity index (χ4v) is 6.02. The zero-order valence-electron chi connectivity index (χ0n) is 14.6. The molecule has 1 amide bonds. The molecule has 1 aromatic carbocycles. The Morgan fingerprint density at radius 3 is 2.68 bits per heavy atom. The Morgan fingerprint density at radius 1 is 1.24 bits per heavy atom. The third kappa shape index (κ3) is 2.51. The molecule has 1 aliphatic heterocycles. The van der Waals surface area contributed by atoms with Gasteiger partial charge in [0, 0.05) is 13.1 Å². The van der Waals surface area contributed by atoms with Crippen LogP contribution in [0.2, 0.25) is 0 Å². The summed E-state index contributed by atoms with van der Waals surface area (Å²) in [6.45, 7) is 0.567. The molecule has 134 valence electrons. The van der Waals surface area contributed by atoms with Crippen molar-refractivity contribution in [2.75, 3.05) is 18.5 Å². The van der Waals surface area contributed by atoms with Gasteiger partial charge in [0.05, 0.1) is 17.8 Å². The number of carbonyl (C=O) groups is 1. The summed E-state index contributed by atoms with van der Waals surface area (Å²) in [5.74, 6) is 2.27. The number of fused-ring (bicyclic) bond motifs is 1. The van der Waals surface area contributed by atoms with Crippen LogP contribution in [0, 0.1) is 17.8 Å². The highest BCUT2D eigenvalue weighted by Crippen LogP contribution is 2.55. The Labute approximate surface area is 148 Å². The van der Waals surface area contributed by atoms with Gasteiger partial charge in [-0.2, -0.15) is 0 Å². The third-order valence-corrected chi connectivity index (χ3v) is 6.83. The van der Waals surface area contributed by atoms with Crippen molar-refractivity contribution in [3.05, 3.63) is 24.3 Å². The monoisotopic (exact) mass is 342 g/mol. The van der Waals surface area contributed by atoms with Gasteiger partial charge in [0.25, 0.3) is 5.91 Å². The lowest BCUT2D eigenvalue weighted by Crippen LogP contribution is -2.63. The zero-order chi connectivity index (χ0) is 17.2. The van der Waals surface area contributed by atoms with Crippen LogP contribution in [0.25, 0.3) is 0 Å². The number of ether oxygens (including phenoxy) is 1. The van der Waals surface area contributed by atoms with E-state index < -0.39 is 11.7 Å². The van der Waals surface area contributed by atoms with E-state index in [0.29, 0.717) is 24.3 Å². The molecule has 2 N–H and O–H groups in total. The molecule has 0 radical (unpaired) electrons. The predicted octanol–water partition coefficient (Wildman–Crippen LogP) is 1.94. The maximum atomic E-state index is 12.9. The van der Waals surface area contributed by atoms with Crippen LogP contribution in [0.15, 0.2) is 24.3 Å². The Bertz CT molecular complexity index is 690. The quantitative estimate of drug-likeness (QED) is 0.862. The Balaban J connectivity index is 1.30. The molecule has 6 rings (SSSR count). The van der Waals surface area contributed by atoms with Gasteiger partial charge in [0.15, 0.2) is 6.10 Å². The molecule has 4 unspecified atom stereocenters. The minimum absolute atomic E-state index is 0.00850. The van der Waals surface area contributed by atoms with E-state index in [2.05, 4.69) is 10.2 Å². The molecule has 4 fully saturated rings. The number of carbonyl (C=O) groups excluding carboxylic acids is 1. The number of anilines is 1. The van der Waals surface area contributed by atoms with Crippen LogP contribution >= 0.6 is 0 Å². The first-order valence-electron chi connectivity index (χ1n) is 9.50. The molecule has 0 spiro atoms. The number of likely N-dealkylation sites (N-methyl/N-ethyl adjacent to an activating group) is 1. The second-order valence-electron chi connectivity index (χ2n) is 8.68. The van der Waals surface area contributed by atoms with E-state index in [9.17, 15) is 9.90 Å². The highest BCUT2D eigenvalue weighted by atomic mass is 16.5. The summed E-state index contributed by atoms with van der Waals surface area (Å²) in [5, 5.41) is 14.0. The van der Waals surface area contributed by atoms with E-state index >= 15 is 0 Å². The van der Waals surface area contributed by atoms with Gasteiger partial charge in [-0.1, -0.05) is 12.1 Å². The van der Waals surface area contributed by atoms with E-state index in [1.54, 1.807) is 0 Å². The first-order valence-corrected chi connectivity index (χ1v) is 9.50. The number of benzene rings is 1. The SMILES string of the molecule is CN1CC(C(=O)NC2[C@@H]3CC4C[C@H]2CC(O)(C4)C3)Oc2ccccc21. The smallest absolute Gasteiger partial charge is 0.263 e. The molecule has 1 heterocycles. The lowest BCUT2D eigenvalue weighted by Gasteiger charge is -2.58. The summed E-state index contributed by atoms with van der Waals surface area (Å²) in [7, 11) is 2.00. The van der Waals surface area contributed by atoms with Crippen molar-refractivity contribution in [2.45, 2.75) is 49.9 Å². The van der Waals surface area contributed by atoms with Crippen LogP contribution in [-0.2, 0) is 4.79 Å². The number of nitrogens with one attached hydrogen (secondary N) is 1. The first kappa shape index (κ1) is 15.5. The average molecular weight is 342 g/mol. The predicted molar refractivity (Wildman–Crippen MR) is 94.6 cm³/mol. The first-order chi connectivity index (χ1) is 12.0. The van der Waals surface area contributed by atoms with E-state index in [1.165, 1.54) is 0 Å². The Hall–Kier alpha value is -1.75. The van der Waals surface area contributed by atoms with Gasteiger partial charge >= 0.3 is 0 Å². The van der Waals surface area contributed by atoms with Crippen molar-refractivity contribution in [3.8, 4) is 5.75 Å². The van der Waals surface area contributed by atoms with Crippen LogP contribution in [-0.4, -0.2) is 42.4 Å². The van der Waals surface area contributed by atoms with Crippen molar-refractivity contribution in [3.63, 3.8) is 0 Å². The molecule has 1 aromatic rings. The summed E-state index contributed by atoms with van der Waals surface area (Å²) in [6.07, 6.45) is 4.49. The van der Waals surface area contributed by atoms with Crippen LogP contribution in [0.1, 0.15) is 32.1 Å². The van der Waals surface area contributed by atoms with Crippen molar-refractivity contribution < 1.29 is 14.6 Å². The summed E-state index contributed by atoms with van der Waals surface area (Å²) >= 11 is 0. The lowest BCUT2D eigenvalue weighted by molar-refractivity contribution is -0.149. The molecule has 0 saturated heterocycles. The molecule has 5 nitrogen and oxygen atoms in total. The van der Waals surface area contributed by atoms with Gasteiger partial charge in [-0.05, 0) is 62.0 Å². The van der Waals surface area contributed by atoms with Gasteiger partial charge in [-0.15, -0.1) is 0 Å². The summed E-state index contributed by atoms with van der Waals surface area (Å²) in [6, 6.07) is 8.06. The number of nitrogens with zero attached hydrogens (tertiary/aromatic N) is 1. The number of hydrogen-bond acceptors (Lipinski definition) is 4. The molecule has 4 saturated carbocycles. The van der Waals surface area contributed by atoms with Gasteiger partial charge < -0.3 is 20.1 Å². The maximum absolute atomic E-state index is 12.9. The number of amides is 1. The number of rotatable bonds is 2. The largest absolute Gasteiger partial charge is 0.477 e. The highest BCUT2D eigenvalue weighted by Gasteiger charge is 2.55. The number of hydrogen-bond donors (Lipinski definition) is 2. The van der Waals surface area contributed by atoms with Crippen molar-refractivity contribution >= 4 is 11.6 Å². The topological polar surface area (TPSA) is 61.8 Å². The fourth-order valence-electron chi connectivity index (χ4n) is 6.02. The van der Waals surface area contributed by atoms with Gasteiger partial charge in [-0.25, -0.2) is 0 Å². The molecule has 5 aliphatic rings. The number of para-hydroxylation sites is 2. The summed E-state index contributed by atoms with van der Waals surface area (Å²) in [4.78, 5) is 15.0. The molecule has 25 heavy (non-hydrogen) atoms. The zero-order valence-corrected chi connectivity index (χ0v) is 14.6. The fraction of sp³-hybridized carbons (Fsp3) is 0.650. The second kappa shape index (κ2) is 5.37. The van der Waals surface area contributed by atoms with Crippen LogP contribution in [0.4, 0.5) is 5.69 Å². The highest BCUT2D eigenvalue weighted by molar-refractivity contribution is 5.83. The van der Waals surface area contributed by atoms with Crippen molar-refractivity contribution in [1.82, 2.24) is 5.32 Å². The van der Waals surface area contributed by atoms with E-state index in [0.717, 1.165) is 43.5 Å². The minimum Gasteiger partial charge on any atom is -0.477 e. The average Bonchev–Trinajstić information content (AvgIpc) is 2.56. The van der Waals surface area contributed by atoms with Gasteiger partial charge in [-0.3, -0.25) is 4.79 Å². The van der Waals surface area contributed by atoms with Crippen molar-refractivity contribution in [2.24, 2.45) is 17.8 Å². The summed E-state index contributed by atoms with van der Waals surface area (Å²) < 4.78 is 5.97. The van der Waals surface area contributed by atoms with Crippen molar-refractivity contribution in [1.29, 1.82) is 0 Å². The molecular formula is C20H26N2O3. The van der Waals surface area contributed by atoms with Crippen LogP contribution < -0.4 is 15.0 Å². The molecule has 4 bridgehead atoms. The molecule has 0 aromatic heterocycles. The lowest BCUT2D eigenvalue weighted by atomic mass is 9.52. The third-order valence-electron chi connectivity index (χ3n) is 6.83. The van der Waals surface area contributed by atoms with E-state index in [4.69, 9.17) is 4.74 Å². The van der Waals surface area contributed by atoms with Crippen LogP contribution in [0.3, 0.4) is 0 Å².